The summed E-state index contributed by atoms with van der Waals surface area (Å²) < 4.78 is 5.58. The topological polar surface area (TPSA) is 41.5 Å². The predicted octanol–water partition coefficient (Wildman–Crippen LogP) is 2.81. The van der Waals surface area contributed by atoms with Crippen molar-refractivity contribution in [2.75, 3.05) is 19.8 Å². The van der Waals surface area contributed by atoms with E-state index >= 15 is 0 Å². The third kappa shape index (κ3) is 5.91. The van der Waals surface area contributed by atoms with Gasteiger partial charge in [0.15, 0.2) is 0 Å². The monoisotopic (exact) mass is 293 g/mol. The van der Waals surface area contributed by atoms with Crippen LogP contribution in [0.15, 0.2) is 18.2 Å². The van der Waals surface area contributed by atoms with E-state index in [1.807, 2.05) is 32.0 Å². The van der Waals surface area contributed by atoms with Crippen molar-refractivity contribution in [3.8, 4) is 5.75 Å². The molecule has 0 fully saturated rings. The number of ether oxygens (including phenoxy) is 1. The van der Waals surface area contributed by atoms with Crippen LogP contribution in [0.2, 0.25) is 5.02 Å². The fourth-order valence-electron chi connectivity index (χ4n) is 1.48. The average molecular weight is 294 g/mol. The summed E-state index contributed by atoms with van der Waals surface area (Å²) >= 11 is 5.93. The molecular formula is C13H21Cl2NO2. The first-order valence-electron chi connectivity index (χ1n) is 5.90. The normalized spacial score (nSPS) is 11.8. The highest BCUT2D eigenvalue weighted by Gasteiger charge is 2.03. The number of rotatable bonds is 7. The molecule has 0 spiro atoms. The maximum Gasteiger partial charge on any atom is 0.119 e. The number of halogens is 2. The molecule has 0 aliphatic rings. The molecule has 1 atom stereocenters. The molecule has 1 aromatic rings. The van der Waals surface area contributed by atoms with Gasteiger partial charge in [-0.25, -0.2) is 0 Å². The second-order valence-electron chi connectivity index (χ2n) is 4.00. The summed E-state index contributed by atoms with van der Waals surface area (Å²) in [6, 6.07) is 5.78. The summed E-state index contributed by atoms with van der Waals surface area (Å²) in [4.78, 5) is 0. The van der Waals surface area contributed by atoms with Crippen molar-refractivity contribution in [1.82, 2.24) is 5.32 Å². The molecule has 18 heavy (non-hydrogen) atoms. The highest BCUT2D eigenvalue weighted by atomic mass is 35.5. The Balaban J connectivity index is 0.00000289. The Bertz CT molecular complexity index is 344. The molecule has 1 aromatic carbocycles. The third-order valence-electron chi connectivity index (χ3n) is 2.65. The molecule has 0 radical (unpaired) electrons. The predicted molar refractivity (Wildman–Crippen MR) is 78.1 cm³/mol. The summed E-state index contributed by atoms with van der Waals surface area (Å²) in [5.41, 5.74) is 1.01. The first-order chi connectivity index (χ1) is 8.17. The molecule has 2 N–H and O–H groups in total. The molecule has 0 heterocycles. The van der Waals surface area contributed by atoms with Crippen LogP contribution in [0.1, 0.15) is 18.9 Å². The zero-order valence-electron chi connectivity index (χ0n) is 10.8. The third-order valence-corrected chi connectivity index (χ3v) is 3.07. The zero-order chi connectivity index (χ0) is 12.7. The summed E-state index contributed by atoms with van der Waals surface area (Å²) in [5.74, 6) is 0.825. The summed E-state index contributed by atoms with van der Waals surface area (Å²) in [6.45, 7) is 5.46. The molecular weight excluding hydrogens is 273 g/mol. The standard InChI is InChI=1S/C13H20ClNO2.ClH/c1-3-11(9-16)15-6-7-17-12-4-5-13(14)10(2)8-12;/h4-5,8,11,15-16H,3,6-7,9H2,1-2H3;1H. The minimum absolute atomic E-state index is 0. The van der Waals surface area contributed by atoms with Crippen LogP contribution in [0.25, 0.3) is 0 Å². The Hall–Kier alpha value is -0.480. The van der Waals surface area contributed by atoms with Crippen LogP contribution in [-0.2, 0) is 0 Å². The summed E-state index contributed by atoms with van der Waals surface area (Å²) in [5, 5.41) is 13.0. The maximum absolute atomic E-state index is 8.99. The molecule has 0 saturated carbocycles. The van der Waals surface area contributed by atoms with Gasteiger partial charge in [-0.3, -0.25) is 0 Å². The number of nitrogens with one attached hydrogen (secondary N) is 1. The van der Waals surface area contributed by atoms with Gasteiger partial charge < -0.3 is 15.2 Å². The van der Waals surface area contributed by atoms with Crippen LogP contribution in [0.5, 0.6) is 5.75 Å². The molecule has 3 nitrogen and oxygen atoms in total. The fourth-order valence-corrected chi connectivity index (χ4v) is 1.59. The number of aliphatic hydroxyl groups is 1. The summed E-state index contributed by atoms with van der Waals surface area (Å²) in [7, 11) is 0. The minimum Gasteiger partial charge on any atom is -0.492 e. The van der Waals surface area contributed by atoms with Gasteiger partial charge in [0.05, 0.1) is 6.61 Å². The first kappa shape index (κ1) is 17.5. The Labute approximate surface area is 120 Å². The van der Waals surface area contributed by atoms with Crippen molar-refractivity contribution < 1.29 is 9.84 Å². The van der Waals surface area contributed by atoms with Gasteiger partial charge in [-0.1, -0.05) is 18.5 Å². The largest absolute Gasteiger partial charge is 0.492 e. The Morgan fingerprint density at radius 1 is 1.44 bits per heavy atom. The lowest BCUT2D eigenvalue weighted by Crippen LogP contribution is -2.34. The highest BCUT2D eigenvalue weighted by Crippen LogP contribution is 2.20. The lowest BCUT2D eigenvalue weighted by atomic mass is 10.2. The van der Waals surface area contributed by atoms with Gasteiger partial charge in [0, 0.05) is 17.6 Å². The number of benzene rings is 1. The number of aryl methyl sites for hydroxylation is 1. The van der Waals surface area contributed by atoms with E-state index in [1.165, 1.54) is 0 Å². The van der Waals surface area contributed by atoms with E-state index in [2.05, 4.69) is 5.32 Å². The second-order valence-corrected chi connectivity index (χ2v) is 4.41. The van der Waals surface area contributed by atoms with Crippen molar-refractivity contribution in [3.63, 3.8) is 0 Å². The van der Waals surface area contributed by atoms with Crippen LogP contribution >= 0.6 is 24.0 Å². The van der Waals surface area contributed by atoms with E-state index in [-0.39, 0.29) is 25.1 Å². The van der Waals surface area contributed by atoms with Crippen molar-refractivity contribution in [3.05, 3.63) is 28.8 Å². The molecule has 0 aromatic heterocycles. The lowest BCUT2D eigenvalue weighted by Gasteiger charge is -2.14. The quantitative estimate of drug-likeness (QED) is 0.760. The van der Waals surface area contributed by atoms with Crippen LogP contribution in [0.4, 0.5) is 0 Å². The van der Waals surface area contributed by atoms with E-state index in [1.54, 1.807) is 0 Å². The van der Waals surface area contributed by atoms with E-state index in [0.29, 0.717) is 6.61 Å². The van der Waals surface area contributed by atoms with E-state index in [4.69, 9.17) is 21.4 Å². The molecule has 0 aliphatic heterocycles. The van der Waals surface area contributed by atoms with Gasteiger partial charge in [-0.05, 0) is 37.1 Å². The van der Waals surface area contributed by atoms with Crippen LogP contribution in [-0.4, -0.2) is 30.9 Å². The minimum atomic E-state index is 0. The molecule has 0 aliphatic carbocycles. The van der Waals surface area contributed by atoms with E-state index in [0.717, 1.165) is 29.3 Å². The Morgan fingerprint density at radius 2 is 2.17 bits per heavy atom. The average Bonchev–Trinajstić information content (AvgIpc) is 2.34. The van der Waals surface area contributed by atoms with Gasteiger partial charge >= 0.3 is 0 Å². The molecule has 104 valence electrons. The molecule has 1 unspecified atom stereocenters. The van der Waals surface area contributed by atoms with Gasteiger partial charge in [0.1, 0.15) is 12.4 Å². The number of hydrogen-bond acceptors (Lipinski definition) is 3. The molecule has 5 heteroatoms. The highest BCUT2D eigenvalue weighted by molar-refractivity contribution is 6.31. The molecule has 0 bridgehead atoms. The maximum atomic E-state index is 8.99. The second kappa shape index (κ2) is 9.45. The van der Waals surface area contributed by atoms with Crippen molar-refractivity contribution >= 4 is 24.0 Å². The Morgan fingerprint density at radius 3 is 2.72 bits per heavy atom. The van der Waals surface area contributed by atoms with Crippen molar-refractivity contribution in [2.45, 2.75) is 26.3 Å². The van der Waals surface area contributed by atoms with Gasteiger partial charge in [0.25, 0.3) is 0 Å². The molecule has 0 saturated heterocycles. The van der Waals surface area contributed by atoms with Crippen molar-refractivity contribution in [1.29, 1.82) is 0 Å². The fraction of sp³-hybridized carbons (Fsp3) is 0.538. The van der Waals surface area contributed by atoms with E-state index < -0.39 is 0 Å². The molecule has 0 amide bonds. The SMILES string of the molecule is CCC(CO)NCCOc1ccc(Cl)c(C)c1.Cl. The van der Waals surface area contributed by atoms with E-state index in [9.17, 15) is 0 Å². The lowest BCUT2D eigenvalue weighted by molar-refractivity contribution is 0.227. The smallest absolute Gasteiger partial charge is 0.119 e. The van der Waals surface area contributed by atoms with Crippen LogP contribution < -0.4 is 10.1 Å². The van der Waals surface area contributed by atoms with Gasteiger partial charge in [-0.2, -0.15) is 0 Å². The van der Waals surface area contributed by atoms with Gasteiger partial charge in [-0.15, -0.1) is 12.4 Å². The van der Waals surface area contributed by atoms with Gasteiger partial charge in [0.2, 0.25) is 0 Å². The van der Waals surface area contributed by atoms with Crippen LogP contribution in [0, 0.1) is 6.92 Å². The first-order valence-corrected chi connectivity index (χ1v) is 6.28. The van der Waals surface area contributed by atoms with Crippen molar-refractivity contribution in [2.24, 2.45) is 0 Å². The summed E-state index contributed by atoms with van der Waals surface area (Å²) in [6.07, 6.45) is 0.913. The molecule has 1 rings (SSSR count). The number of aliphatic hydroxyl groups excluding tert-OH is 1. The Kier molecular flexibility index (Phi) is 9.20. The number of hydrogen-bond donors (Lipinski definition) is 2. The zero-order valence-corrected chi connectivity index (χ0v) is 12.4. The van der Waals surface area contributed by atoms with Crippen LogP contribution in [0.3, 0.4) is 0 Å².